The molecule has 1 aromatic carbocycles. The minimum atomic E-state index is -4.66. The molecule has 4 heterocycles. The van der Waals surface area contributed by atoms with Crippen LogP contribution in [0.3, 0.4) is 0 Å². The van der Waals surface area contributed by atoms with Crippen LogP contribution in [0.4, 0.5) is 23.8 Å². The van der Waals surface area contributed by atoms with Crippen molar-refractivity contribution in [3.8, 4) is 21.7 Å². The summed E-state index contributed by atoms with van der Waals surface area (Å²) in [5, 5.41) is 6.24. The van der Waals surface area contributed by atoms with Crippen molar-refractivity contribution in [2.24, 2.45) is 0 Å². The van der Waals surface area contributed by atoms with E-state index in [-0.39, 0.29) is 33.9 Å². The third-order valence-electron chi connectivity index (χ3n) is 6.50. The van der Waals surface area contributed by atoms with Crippen molar-refractivity contribution in [3.05, 3.63) is 93.6 Å². The van der Waals surface area contributed by atoms with Gasteiger partial charge in [0.1, 0.15) is 16.4 Å². The molecule has 0 aliphatic carbocycles. The molecular formula is C30H25F3N6O4S. The van der Waals surface area contributed by atoms with Crippen molar-refractivity contribution < 1.29 is 27.5 Å². The number of nitrogens with one attached hydrogen (secondary N) is 2. The van der Waals surface area contributed by atoms with Crippen molar-refractivity contribution in [3.63, 3.8) is 0 Å². The van der Waals surface area contributed by atoms with Gasteiger partial charge in [-0.2, -0.15) is 13.2 Å². The Balaban J connectivity index is 1.69. The third kappa shape index (κ3) is 6.44. The van der Waals surface area contributed by atoms with Crippen molar-refractivity contribution in [1.29, 1.82) is 0 Å². The Morgan fingerprint density at radius 3 is 2.52 bits per heavy atom. The van der Waals surface area contributed by atoms with Crippen LogP contribution in [0.15, 0.2) is 71.4 Å². The number of hydrogen-bond acceptors (Lipinski definition) is 8. The van der Waals surface area contributed by atoms with Gasteiger partial charge < -0.3 is 14.6 Å². The van der Waals surface area contributed by atoms with Crippen LogP contribution in [0.5, 0.6) is 0 Å². The highest BCUT2D eigenvalue weighted by molar-refractivity contribution is 7.13. The van der Waals surface area contributed by atoms with Gasteiger partial charge in [-0.3, -0.25) is 15.1 Å². The summed E-state index contributed by atoms with van der Waals surface area (Å²) in [6, 6.07) is 9.44. The second kappa shape index (κ2) is 12.6. The molecule has 0 saturated heterocycles. The van der Waals surface area contributed by atoms with Gasteiger partial charge in [0.05, 0.1) is 12.1 Å². The molecule has 0 fully saturated rings. The minimum Gasteiger partial charge on any atom is -0.462 e. The first kappa shape index (κ1) is 30.4. The lowest BCUT2D eigenvalue weighted by molar-refractivity contribution is -0.140. The molecule has 0 aliphatic rings. The number of ether oxygens (including phenoxy) is 1. The van der Waals surface area contributed by atoms with E-state index in [2.05, 4.69) is 25.6 Å². The van der Waals surface area contributed by atoms with Crippen molar-refractivity contribution in [1.82, 2.24) is 24.8 Å². The predicted octanol–water partition coefficient (Wildman–Crippen LogP) is 5.97. The number of nitrogens with zero attached hydrogens (tertiary/aromatic N) is 4. The van der Waals surface area contributed by atoms with Crippen LogP contribution in [0.1, 0.15) is 35.5 Å². The number of pyridine rings is 3. The highest BCUT2D eigenvalue weighted by atomic mass is 32.1. The molecule has 14 heteroatoms. The number of halogens is 3. The van der Waals surface area contributed by atoms with Gasteiger partial charge in [-0.05, 0) is 55.3 Å². The number of carbonyl (C=O) groups is 2. The summed E-state index contributed by atoms with van der Waals surface area (Å²) in [5.74, 6) is -0.692. The first-order valence-electron chi connectivity index (χ1n) is 13.4. The summed E-state index contributed by atoms with van der Waals surface area (Å²) in [4.78, 5) is 50.6. The fraction of sp³-hybridized carbons (Fsp3) is 0.200. The van der Waals surface area contributed by atoms with E-state index in [4.69, 9.17) is 4.74 Å². The van der Waals surface area contributed by atoms with Gasteiger partial charge in [0, 0.05) is 59.8 Å². The number of benzene rings is 1. The van der Waals surface area contributed by atoms with Gasteiger partial charge in [0.15, 0.2) is 5.69 Å². The Morgan fingerprint density at radius 1 is 1.07 bits per heavy atom. The molecule has 0 atom stereocenters. The van der Waals surface area contributed by atoms with Gasteiger partial charge in [-0.1, -0.05) is 6.07 Å². The maximum Gasteiger partial charge on any atom is 0.434 e. The molecule has 4 aromatic heterocycles. The largest absolute Gasteiger partial charge is 0.462 e. The van der Waals surface area contributed by atoms with Crippen LogP contribution in [-0.2, 0) is 17.5 Å². The van der Waals surface area contributed by atoms with Crippen LogP contribution in [0.25, 0.3) is 32.6 Å². The maximum absolute atomic E-state index is 13.6. The summed E-state index contributed by atoms with van der Waals surface area (Å²) in [6.45, 7) is 4.10. The molecule has 2 amide bonds. The van der Waals surface area contributed by atoms with E-state index in [1.165, 1.54) is 18.5 Å². The molecule has 2 N–H and O–H groups in total. The number of anilines is 1. The number of fused-ring (bicyclic) bond motifs is 1. The smallest absolute Gasteiger partial charge is 0.434 e. The van der Waals surface area contributed by atoms with Gasteiger partial charge >= 0.3 is 18.2 Å². The van der Waals surface area contributed by atoms with Crippen molar-refractivity contribution >= 4 is 40.1 Å². The number of hydrogen-bond donors (Lipinski definition) is 2. The molecule has 0 aliphatic heterocycles. The molecule has 5 aromatic rings. The third-order valence-corrected chi connectivity index (χ3v) is 7.37. The molecule has 0 unspecified atom stereocenters. The quantitative estimate of drug-likeness (QED) is 0.204. The first-order chi connectivity index (χ1) is 21.1. The maximum atomic E-state index is 13.6. The SMILES string of the molecule is CCNC(=O)Nc1cc(-c2nc(C(F)(F)F)cs2)c(-c2ccc3c(c2)c(=O)c(C(=O)OCC)cn3Cc2ccncc2)cn1. The Labute approximate surface area is 252 Å². The Morgan fingerprint density at radius 2 is 1.84 bits per heavy atom. The summed E-state index contributed by atoms with van der Waals surface area (Å²) in [7, 11) is 0. The Bertz CT molecular complexity index is 1910. The number of amides is 2. The number of alkyl halides is 3. The normalized spacial score (nSPS) is 11.4. The van der Waals surface area contributed by atoms with Gasteiger partial charge in [-0.15, -0.1) is 11.3 Å². The molecule has 0 spiro atoms. The van der Waals surface area contributed by atoms with Crippen LogP contribution in [0.2, 0.25) is 0 Å². The average molecular weight is 623 g/mol. The van der Waals surface area contributed by atoms with Crippen LogP contribution >= 0.6 is 11.3 Å². The molecule has 5 rings (SSSR count). The summed E-state index contributed by atoms with van der Waals surface area (Å²) < 4.78 is 47.2. The van der Waals surface area contributed by atoms with Crippen molar-refractivity contribution in [2.45, 2.75) is 26.6 Å². The second-order valence-corrected chi connectivity index (χ2v) is 10.3. The molecule has 0 bridgehead atoms. The summed E-state index contributed by atoms with van der Waals surface area (Å²) >= 11 is 0.779. The van der Waals surface area contributed by atoms with E-state index in [0.29, 0.717) is 29.7 Å². The number of rotatable bonds is 8. The lowest BCUT2D eigenvalue weighted by atomic mass is 9.99. The minimum absolute atomic E-state index is 0.0316. The standard InChI is InChI=1S/C30H25F3N6O4S/c1-3-35-29(42)38-25-12-19(27-37-24(16-44-27)30(31,32)33)21(13-36-25)18-5-6-23-20(11-18)26(40)22(28(41)43-4-2)15-39(23)14-17-7-9-34-10-8-17/h5-13,15-16H,3-4,14H2,1-2H3,(H2,35,36,38,42). The summed E-state index contributed by atoms with van der Waals surface area (Å²) in [5.41, 5.74) is 0.639. The van der Waals surface area contributed by atoms with Crippen LogP contribution in [0, 0.1) is 0 Å². The highest BCUT2D eigenvalue weighted by Gasteiger charge is 2.34. The zero-order valence-electron chi connectivity index (χ0n) is 23.4. The van der Waals surface area contributed by atoms with Gasteiger partial charge in [0.2, 0.25) is 5.43 Å². The Kier molecular flexibility index (Phi) is 8.71. The van der Waals surface area contributed by atoms with E-state index in [0.717, 1.165) is 22.3 Å². The van der Waals surface area contributed by atoms with Crippen LogP contribution in [-0.4, -0.2) is 44.7 Å². The lowest BCUT2D eigenvalue weighted by Gasteiger charge is -2.15. The van der Waals surface area contributed by atoms with Crippen LogP contribution < -0.4 is 16.1 Å². The number of urea groups is 1. The number of aromatic nitrogens is 4. The second-order valence-electron chi connectivity index (χ2n) is 9.44. The first-order valence-corrected chi connectivity index (χ1v) is 14.3. The summed E-state index contributed by atoms with van der Waals surface area (Å²) in [6.07, 6.45) is 1.44. The fourth-order valence-corrected chi connectivity index (χ4v) is 5.37. The fourth-order valence-electron chi connectivity index (χ4n) is 4.51. The van der Waals surface area contributed by atoms with E-state index >= 15 is 0 Å². The molecule has 226 valence electrons. The lowest BCUT2D eigenvalue weighted by Crippen LogP contribution is -2.28. The predicted molar refractivity (Wildman–Crippen MR) is 160 cm³/mol. The molecule has 0 radical (unpaired) electrons. The van der Waals surface area contributed by atoms with E-state index < -0.39 is 29.3 Å². The molecular weight excluding hydrogens is 597 g/mol. The van der Waals surface area contributed by atoms with Crippen molar-refractivity contribution in [2.75, 3.05) is 18.5 Å². The zero-order valence-corrected chi connectivity index (χ0v) is 24.3. The van der Waals surface area contributed by atoms with E-state index in [1.807, 2.05) is 0 Å². The average Bonchev–Trinajstić information content (AvgIpc) is 3.50. The molecule has 44 heavy (non-hydrogen) atoms. The number of esters is 1. The molecule has 0 saturated carbocycles. The van der Waals surface area contributed by atoms with Gasteiger partial charge in [0.25, 0.3) is 0 Å². The highest BCUT2D eigenvalue weighted by Crippen LogP contribution is 2.39. The van der Waals surface area contributed by atoms with E-state index in [1.54, 1.807) is 61.1 Å². The van der Waals surface area contributed by atoms with E-state index in [9.17, 15) is 27.6 Å². The molecule has 10 nitrogen and oxygen atoms in total. The monoisotopic (exact) mass is 622 g/mol. The Hall–Kier alpha value is -5.11. The number of carbonyl (C=O) groups excluding carboxylic acids is 2. The number of thiazole rings is 1. The van der Waals surface area contributed by atoms with Gasteiger partial charge in [-0.25, -0.2) is 19.6 Å². The topological polar surface area (TPSA) is 128 Å². The zero-order chi connectivity index (χ0) is 31.4.